The van der Waals surface area contributed by atoms with E-state index in [1.54, 1.807) is 13.0 Å². The zero-order valence-electron chi connectivity index (χ0n) is 14.8. The molecule has 146 valence electrons. The molecule has 1 aromatic carbocycles. The van der Waals surface area contributed by atoms with Gasteiger partial charge in [-0.25, -0.2) is 4.79 Å². The first-order valence-electron chi connectivity index (χ1n) is 8.54. The van der Waals surface area contributed by atoms with Gasteiger partial charge in [-0.1, -0.05) is 6.07 Å². The van der Waals surface area contributed by atoms with Crippen molar-refractivity contribution in [1.82, 2.24) is 0 Å². The number of carboxylic acid groups (broad SMARTS) is 1. The van der Waals surface area contributed by atoms with Gasteiger partial charge in [0, 0.05) is 5.92 Å². The van der Waals surface area contributed by atoms with Crippen LogP contribution in [0, 0.1) is 11.8 Å². The third kappa shape index (κ3) is 5.22. The van der Waals surface area contributed by atoms with Crippen LogP contribution in [0.5, 0.6) is 11.5 Å². The van der Waals surface area contributed by atoms with Crippen molar-refractivity contribution in [3.63, 3.8) is 0 Å². The molecular formula is C19H22O8. The first-order chi connectivity index (χ1) is 12.8. The second-order valence-corrected chi connectivity index (χ2v) is 6.39. The van der Waals surface area contributed by atoms with Gasteiger partial charge in [0.15, 0.2) is 11.5 Å². The maximum absolute atomic E-state index is 12.3. The monoisotopic (exact) mass is 378 g/mol. The van der Waals surface area contributed by atoms with Crippen LogP contribution in [0.15, 0.2) is 30.0 Å². The number of carbonyl (C=O) groups excluding carboxylic acids is 2. The van der Waals surface area contributed by atoms with Crippen molar-refractivity contribution >= 4 is 18.2 Å². The highest BCUT2D eigenvalue weighted by Gasteiger charge is 2.39. The number of carboxylic acids is 1. The minimum atomic E-state index is -1.12. The zero-order valence-corrected chi connectivity index (χ0v) is 14.8. The van der Waals surface area contributed by atoms with Crippen molar-refractivity contribution in [1.29, 1.82) is 0 Å². The normalized spacial score (nSPS) is 21.7. The van der Waals surface area contributed by atoms with Gasteiger partial charge in [0.2, 0.25) is 0 Å². The Hall–Kier alpha value is -3.03. The van der Waals surface area contributed by atoms with Gasteiger partial charge in [-0.2, -0.15) is 0 Å². The molecule has 3 atom stereocenters. The van der Waals surface area contributed by atoms with Crippen LogP contribution in [-0.4, -0.2) is 46.3 Å². The molecule has 0 saturated heterocycles. The van der Waals surface area contributed by atoms with Crippen LogP contribution in [0.25, 0.3) is 0 Å². The fourth-order valence-corrected chi connectivity index (χ4v) is 2.98. The first kappa shape index (κ1) is 20.3. The summed E-state index contributed by atoms with van der Waals surface area (Å²) < 4.78 is 10.5. The molecule has 0 amide bonds. The molecule has 0 unspecified atom stereocenters. The van der Waals surface area contributed by atoms with E-state index in [0.29, 0.717) is 19.1 Å². The van der Waals surface area contributed by atoms with Crippen molar-refractivity contribution in [2.24, 2.45) is 11.8 Å². The molecule has 0 radical (unpaired) electrons. The van der Waals surface area contributed by atoms with Crippen LogP contribution in [-0.2, 0) is 30.3 Å². The number of aryl methyl sites for hydroxylation is 1. The molecule has 8 heteroatoms. The van der Waals surface area contributed by atoms with E-state index in [4.69, 9.17) is 14.6 Å². The largest absolute Gasteiger partial charge is 0.504 e. The Morgan fingerprint density at radius 2 is 2.00 bits per heavy atom. The van der Waals surface area contributed by atoms with Crippen LogP contribution < -0.4 is 0 Å². The smallest absolute Gasteiger partial charge is 0.337 e. The Kier molecular flexibility index (Phi) is 6.81. The van der Waals surface area contributed by atoms with Crippen molar-refractivity contribution in [2.45, 2.75) is 32.3 Å². The molecule has 0 aliphatic carbocycles. The minimum Gasteiger partial charge on any atom is -0.504 e. The molecule has 1 aliphatic heterocycles. The third-order valence-corrected chi connectivity index (χ3v) is 4.49. The predicted molar refractivity (Wildman–Crippen MR) is 93.0 cm³/mol. The molecule has 1 aliphatic rings. The summed E-state index contributed by atoms with van der Waals surface area (Å²) in [6, 6.07) is 4.44. The highest BCUT2D eigenvalue weighted by molar-refractivity contribution is 5.90. The number of aromatic hydroxyl groups is 2. The number of esters is 1. The molecule has 0 saturated carbocycles. The topological polar surface area (TPSA) is 130 Å². The highest BCUT2D eigenvalue weighted by Crippen LogP contribution is 2.33. The molecule has 3 N–H and O–H groups in total. The van der Waals surface area contributed by atoms with E-state index >= 15 is 0 Å². The van der Waals surface area contributed by atoms with Crippen LogP contribution in [0.3, 0.4) is 0 Å². The fraction of sp³-hybridized carbons (Fsp3) is 0.421. The zero-order chi connectivity index (χ0) is 20.0. The average Bonchev–Trinajstić information content (AvgIpc) is 2.61. The number of benzene rings is 1. The summed E-state index contributed by atoms with van der Waals surface area (Å²) in [6.07, 6.45) is 1.86. The average molecular weight is 378 g/mol. The quantitative estimate of drug-likeness (QED) is 0.270. The Morgan fingerprint density at radius 1 is 1.26 bits per heavy atom. The molecule has 1 aromatic rings. The van der Waals surface area contributed by atoms with E-state index in [0.717, 1.165) is 5.56 Å². The van der Waals surface area contributed by atoms with E-state index < -0.39 is 29.9 Å². The summed E-state index contributed by atoms with van der Waals surface area (Å²) in [4.78, 5) is 34.7. The summed E-state index contributed by atoms with van der Waals surface area (Å²) in [5, 5.41) is 27.8. The first-order valence-corrected chi connectivity index (χ1v) is 8.54. The van der Waals surface area contributed by atoms with Gasteiger partial charge < -0.3 is 29.6 Å². The fourth-order valence-electron chi connectivity index (χ4n) is 2.98. The number of hydrogen-bond acceptors (Lipinski definition) is 7. The molecule has 2 rings (SSSR count). The highest BCUT2D eigenvalue weighted by atomic mass is 16.5. The lowest BCUT2D eigenvalue weighted by atomic mass is 9.80. The second-order valence-electron chi connectivity index (χ2n) is 6.39. The van der Waals surface area contributed by atoms with Crippen molar-refractivity contribution in [2.75, 3.05) is 6.61 Å². The van der Waals surface area contributed by atoms with E-state index in [-0.39, 0.29) is 30.1 Å². The molecule has 0 bridgehead atoms. The lowest BCUT2D eigenvalue weighted by molar-refractivity contribution is -0.143. The number of phenols is 2. The standard InChI is InChI=1S/C19H22O8/c1-11-14(9-20)13(8-18(23)24)15(10-27-11)19(25)26-6-2-3-12-4-5-16(21)17(22)7-12/h4-5,7,9-11,13-14,21-22H,2-3,6,8H2,1H3,(H,23,24)/t11-,13+,14+/m1/s1. The summed E-state index contributed by atoms with van der Waals surface area (Å²) in [5.41, 5.74) is 0.801. The molecule has 0 fully saturated rings. The molecule has 1 heterocycles. The van der Waals surface area contributed by atoms with Crippen molar-refractivity contribution < 1.29 is 39.2 Å². The minimum absolute atomic E-state index is 0.0369. The Labute approximate surface area is 156 Å². The lowest BCUT2D eigenvalue weighted by Crippen LogP contribution is -2.37. The number of hydrogen-bond donors (Lipinski definition) is 3. The molecule has 27 heavy (non-hydrogen) atoms. The molecular weight excluding hydrogens is 356 g/mol. The summed E-state index contributed by atoms with van der Waals surface area (Å²) >= 11 is 0. The molecule has 8 nitrogen and oxygen atoms in total. The summed E-state index contributed by atoms with van der Waals surface area (Å²) in [7, 11) is 0. The lowest BCUT2D eigenvalue weighted by Gasteiger charge is -2.31. The number of ether oxygens (including phenoxy) is 2. The Balaban J connectivity index is 1.93. The summed E-state index contributed by atoms with van der Waals surface area (Å²) in [6.45, 7) is 1.71. The van der Waals surface area contributed by atoms with Crippen LogP contribution in [0.4, 0.5) is 0 Å². The number of rotatable bonds is 8. The third-order valence-electron chi connectivity index (χ3n) is 4.49. The number of phenolic OH excluding ortho intramolecular Hbond substituents is 2. The molecule has 0 aromatic heterocycles. The summed E-state index contributed by atoms with van der Waals surface area (Å²) in [5.74, 6) is -3.81. The SMILES string of the molecule is C[C@H]1OC=C(C(=O)OCCCc2ccc(O)c(O)c2)[C@@H](CC(=O)O)[C@H]1C=O. The van der Waals surface area contributed by atoms with Crippen LogP contribution in [0.2, 0.25) is 0 Å². The Bertz CT molecular complexity index is 739. The van der Waals surface area contributed by atoms with E-state index in [1.165, 1.54) is 18.4 Å². The van der Waals surface area contributed by atoms with Crippen molar-refractivity contribution in [3.05, 3.63) is 35.6 Å². The Morgan fingerprint density at radius 3 is 2.63 bits per heavy atom. The van der Waals surface area contributed by atoms with Gasteiger partial charge in [0.1, 0.15) is 12.4 Å². The number of carbonyl (C=O) groups is 3. The molecule has 0 spiro atoms. The van der Waals surface area contributed by atoms with Crippen LogP contribution in [0.1, 0.15) is 25.3 Å². The van der Waals surface area contributed by atoms with Gasteiger partial charge in [0.05, 0.1) is 30.8 Å². The van der Waals surface area contributed by atoms with E-state index in [1.807, 2.05) is 0 Å². The maximum Gasteiger partial charge on any atom is 0.337 e. The number of aliphatic carboxylic acids is 1. The van der Waals surface area contributed by atoms with E-state index in [2.05, 4.69) is 0 Å². The van der Waals surface area contributed by atoms with Gasteiger partial charge in [-0.15, -0.1) is 0 Å². The number of aldehydes is 1. The van der Waals surface area contributed by atoms with Gasteiger partial charge in [-0.05, 0) is 37.5 Å². The predicted octanol–water partition coefficient (Wildman–Crippen LogP) is 1.78. The second kappa shape index (κ2) is 9.07. The maximum atomic E-state index is 12.3. The van der Waals surface area contributed by atoms with Gasteiger partial charge >= 0.3 is 11.9 Å². The van der Waals surface area contributed by atoms with E-state index in [9.17, 15) is 24.6 Å². The van der Waals surface area contributed by atoms with Gasteiger partial charge in [0.25, 0.3) is 0 Å². The van der Waals surface area contributed by atoms with Crippen molar-refractivity contribution in [3.8, 4) is 11.5 Å². The van der Waals surface area contributed by atoms with Gasteiger partial charge in [-0.3, -0.25) is 4.79 Å². The van der Waals surface area contributed by atoms with Crippen LogP contribution >= 0.6 is 0 Å².